The van der Waals surface area contributed by atoms with Crippen LogP contribution in [0.4, 0.5) is 11.4 Å². The predicted octanol–water partition coefficient (Wildman–Crippen LogP) is 3.43. The molecular weight excluding hydrogens is 312 g/mol. The number of nitrogens with zero attached hydrogens (tertiary/aromatic N) is 2. The van der Waals surface area contributed by atoms with E-state index in [1.165, 1.54) is 12.1 Å². The van der Waals surface area contributed by atoms with Crippen LogP contribution in [0.15, 0.2) is 18.2 Å². The van der Waals surface area contributed by atoms with E-state index in [0.29, 0.717) is 6.42 Å². The molecule has 1 rings (SSSR count). The Morgan fingerprint density at radius 2 is 2.11 bits per heavy atom. The Bertz CT molecular complexity index is 477. The SMILES string of the molecule is Cc1cc([N+](=O)[O-])ccc1N(C)C(=O)CCCCBr. The lowest BCUT2D eigenvalue weighted by molar-refractivity contribution is -0.384. The highest BCUT2D eigenvalue weighted by molar-refractivity contribution is 9.09. The number of aryl methyl sites for hydroxylation is 1. The van der Waals surface area contributed by atoms with Gasteiger partial charge in [0.2, 0.25) is 5.91 Å². The van der Waals surface area contributed by atoms with Crippen LogP contribution in [-0.2, 0) is 4.79 Å². The van der Waals surface area contributed by atoms with Crippen molar-refractivity contribution in [3.63, 3.8) is 0 Å². The number of nitro benzene ring substituents is 1. The average Bonchev–Trinajstić information content (AvgIpc) is 2.37. The van der Waals surface area contributed by atoms with E-state index >= 15 is 0 Å². The molecule has 1 amide bonds. The quantitative estimate of drug-likeness (QED) is 0.348. The van der Waals surface area contributed by atoms with Crippen LogP contribution in [0.25, 0.3) is 0 Å². The van der Waals surface area contributed by atoms with Gasteiger partial charge in [-0.1, -0.05) is 15.9 Å². The highest BCUT2D eigenvalue weighted by Crippen LogP contribution is 2.24. The minimum absolute atomic E-state index is 0.0258. The van der Waals surface area contributed by atoms with Crippen molar-refractivity contribution in [1.29, 1.82) is 0 Å². The summed E-state index contributed by atoms with van der Waals surface area (Å²) < 4.78 is 0. The zero-order valence-corrected chi connectivity index (χ0v) is 12.6. The molecule has 0 unspecified atom stereocenters. The first-order chi connectivity index (χ1) is 8.97. The Morgan fingerprint density at radius 3 is 2.63 bits per heavy atom. The fourth-order valence-corrected chi connectivity index (χ4v) is 2.20. The number of halogens is 1. The molecule has 0 radical (unpaired) electrons. The van der Waals surface area contributed by atoms with Crippen molar-refractivity contribution in [2.45, 2.75) is 26.2 Å². The summed E-state index contributed by atoms with van der Waals surface area (Å²) >= 11 is 3.33. The van der Waals surface area contributed by atoms with Crippen LogP contribution in [0.2, 0.25) is 0 Å². The van der Waals surface area contributed by atoms with Gasteiger partial charge >= 0.3 is 0 Å². The molecule has 0 N–H and O–H groups in total. The summed E-state index contributed by atoms with van der Waals surface area (Å²) in [5.41, 5.74) is 1.49. The lowest BCUT2D eigenvalue weighted by atomic mass is 10.1. The molecule has 1 aromatic rings. The molecule has 6 heteroatoms. The minimum atomic E-state index is -0.436. The molecule has 0 aliphatic carbocycles. The Kier molecular flexibility index (Phi) is 5.95. The number of hydrogen-bond acceptors (Lipinski definition) is 3. The molecule has 0 atom stereocenters. The van der Waals surface area contributed by atoms with E-state index in [2.05, 4.69) is 15.9 Å². The van der Waals surface area contributed by atoms with Gasteiger partial charge < -0.3 is 4.90 Å². The number of unbranched alkanes of at least 4 members (excludes halogenated alkanes) is 1. The fraction of sp³-hybridized carbons (Fsp3) is 0.462. The van der Waals surface area contributed by atoms with Gasteiger partial charge in [0, 0.05) is 36.6 Å². The maximum atomic E-state index is 12.0. The standard InChI is InChI=1S/C13H17BrN2O3/c1-10-9-11(16(18)19)6-7-12(10)15(2)13(17)5-3-4-8-14/h6-7,9H,3-5,8H2,1-2H3. The molecule has 0 fully saturated rings. The molecule has 19 heavy (non-hydrogen) atoms. The summed E-state index contributed by atoms with van der Waals surface area (Å²) in [7, 11) is 1.70. The van der Waals surface area contributed by atoms with Crippen LogP contribution in [0.3, 0.4) is 0 Å². The topological polar surface area (TPSA) is 63.5 Å². The van der Waals surface area contributed by atoms with Crippen molar-refractivity contribution < 1.29 is 9.72 Å². The van der Waals surface area contributed by atoms with Gasteiger partial charge in [-0.3, -0.25) is 14.9 Å². The number of carbonyl (C=O) groups is 1. The van der Waals surface area contributed by atoms with Gasteiger partial charge in [-0.05, 0) is 31.4 Å². The van der Waals surface area contributed by atoms with Crippen LogP contribution in [-0.4, -0.2) is 23.2 Å². The highest BCUT2D eigenvalue weighted by Gasteiger charge is 2.15. The third kappa shape index (κ3) is 4.31. The zero-order chi connectivity index (χ0) is 14.4. The Morgan fingerprint density at radius 1 is 1.42 bits per heavy atom. The summed E-state index contributed by atoms with van der Waals surface area (Å²) in [4.78, 5) is 23.8. The molecule has 0 bridgehead atoms. The van der Waals surface area contributed by atoms with Crippen LogP contribution < -0.4 is 4.90 Å². The van der Waals surface area contributed by atoms with Crippen LogP contribution >= 0.6 is 15.9 Å². The van der Waals surface area contributed by atoms with Gasteiger partial charge in [-0.2, -0.15) is 0 Å². The minimum Gasteiger partial charge on any atom is -0.315 e. The molecule has 0 aliphatic heterocycles. The first-order valence-electron chi connectivity index (χ1n) is 6.05. The number of alkyl halides is 1. The third-order valence-electron chi connectivity index (χ3n) is 2.90. The van der Waals surface area contributed by atoms with Crippen LogP contribution in [0.5, 0.6) is 0 Å². The van der Waals surface area contributed by atoms with E-state index in [4.69, 9.17) is 0 Å². The largest absolute Gasteiger partial charge is 0.315 e. The van der Waals surface area contributed by atoms with Crippen molar-refractivity contribution in [2.75, 3.05) is 17.3 Å². The monoisotopic (exact) mass is 328 g/mol. The second-order valence-corrected chi connectivity index (χ2v) is 5.12. The van der Waals surface area contributed by atoms with Gasteiger partial charge in [0.15, 0.2) is 0 Å². The maximum Gasteiger partial charge on any atom is 0.269 e. The molecule has 0 spiro atoms. The molecule has 5 nitrogen and oxygen atoms in total. The number of amides is 1. The van der Waals surface area contributed by atoms with Gasteiger partial charge in [-0.25, -0.2) is 0 Å². The van der Waals surface area contributed by atoms with Crippen molar-refractivity contribution in [2.24, 2.45) is 0 Å². The third-order valence-corrected chi connectivity index (χ3v) is 3.46. The van der Waals surface area contributed by atoms with Crippen molar-refractivity contribution >= 4 is 33.2 Å². The van der Waals surface area contributed by atoms with E-state index in [-0.39, 0.29) is 11.6 Å². The zero-order valence-electron chi connectivity index (χ0n) is 11.1. The number of hydrogen-bond donors (Lipinski definition) is 0. The molecule has 0 aliphatic rings. The summed E-state index contributed by atoms with van der Waals surface area (Å²) in [5, 5.41) is 11.6. The van der Waals surface area contributed by atoms with Crippen molar-refractivity contribution in [3.8, 4) is 0 Å². The number of nitro groups is 1. The average molecular weight is 329 g/mol. The summed E-state index contributed by atoms with van der Waals surface area (Å²) in [6.45, 7) is 1.77. The van der Waals surface area contributed by atoms with E-state index in [1.807, 2.05) is 0 Å². The van der Waals surface area contributed by atoms with E-state index < -0.39 is 4.92 Å². The van der Waals surface area contributed by atoms with Gasteiger partial charge in [0.05, 0.1) is 4.92 Å². The molecule has 104 valence electrons. The second kappa shape index (κ2) is 7.23. The van der Waals surface area contributed by atoms with E-state index in [9.17, 15) is 14.9 Å². The lowest BCUT2D eigenvalue weighted by Crippen LogP contribution is -2.26. The van der Waals surface area contributed by atoms with Crippen LogP contribution in [0, 0.1) is 17.0 Å². The molecule has 0 saturated heterocycles. The number of non-ortho nitro benzene ring substituents is 1. The normalized spacial score (nSPS) is 10.3. The van der Waals surface area contributed by atoms with Gasteiger partial charge in [-0.15, -0.1) is 0 Å². The smallest absolute Gasteiger partial charge is 0.269 e. The second-order valence-electron chi connectivity index (χ2n) is 4.33. The number of anilines is 1. The molecule has 0 aromatic heterocycles. The van der Waals surface area contributed by atoms with Crippen molar-refractivity contribution in [1.82, 2.24) is 0 Å². The Hall–Kier alpha value is -1.43. The van der Waals surface area contributed by atoms with E-state index in [1.54, 1.807) is 24.9 Å². The Labute approximate surface area is 120 Å². The number of benzene rings is 1. The maximum absolute atomic E-state index is 12.0. The first-order valence-corrected chi connectivity index (χ1v) is 7.17. The Balaban J connectivity index is 2.79. The van der Waals surface area contributed by atoms with Gasteiger partial charge in [0.25, 0.3) is 5.69 Å². The number of rotatable bonds is 6. The first kappa shape index (κ1) is 15.6. The molecule has 0 heterocycles. The summed E-state index contributed by atoms with van der Waals surface area (Å²) in [6.07, 6.45) is 2.28. The lowest BCUT2D eigenvalue weighted by Gasteiger charge is -2.19. The van der Waals surface area contributed by atoms with Crippen molar-refractivity contribution in [3.05, 3.63) is 33.9 Å². The number of carbonyl (C=O) groups excluding carboxylic acids is 1. The summed E-state index contributed by atoms with van der Waals surface area (Å²) in [5.74, 6) is 0.0258. The predicted molar refractivity (Wildman–Crippen MR) is 78.9 cm³/mol. The fourth-order valence-electron chi connectivity index (χ4n) is 1.80. The summed E-state index contributed by atoms with van der Waals surface area (Å²) in [6, 6.07) is 4.53. The van der Waals surface area contributed by atoms with E-state index in [0.717, 1.165) is 29.4 Å². The van der Waals surface area contributed by atoms with Gasteiger partial charge in [0.1, 0.15) is 0 Å². The highest BCUT2D eigenvalue weighted by atomic mass is 79.9. The molecule has 0 saturated carbocycles. The van der Waals surface area contributed by atoms with Crippen LogP contribution in [0.1, 0.15) is 24.8 Å². The molecule has 1 aromatic carbocycles. The molecular formula is C13H17BrN2O3.